The number of nitrogens with one attached hydrogen (secondary N) is 1. The molecule has 0 saturated heterocycles. The van der Waals surface area contributed by atoms with Crippen molar-refractivity contribution in [1.82, 2.24) is 10.3 Å². The summed E-state index contributed by atoms with van der Waals surface area (Å²) in [6.45, 7) is 7.56. The van der Waals surface area contributed by atoms with Gasteiger partial charge in [0.05, 0.1) is 0 Å². The number of thioether (sulfide) groups is 1. The minimum Gasteiger partial charge on any atom is -0.310 e. The van der Waals surface area contributed by atoms with Gasteiger partial charge in [0.15, 0.2) is 0 Å². The van der Waals surface area contributed by atoms with E-state index >= 15 is 0 Å². The van der Waals surface area contributed by atoms with Crippen LogP contribution in [0.15, 0.2) is 6.20 Å². The molecule has 15 heavy (non-hydrogen) atoms. The maximum atomic E-state index is 4.45. The molecular weight excluding hydrogens is 224 g/mol. The van der Waals surface area contributed by atoms with E-state index in [-0.39, 0.29) is 0 Å². The lowest BCUT2D eigenvalue weighted by Crippen LogP contribution is -2.16. The summed E-state index contributed by atoms with van der Waals surface area (Å²) in [7, 11) is 0. The van der Waals surface area contributed by atoms with Crippen LogP contribution in [-0.2, 0) is 5.75 Å². The van der Waals surface area contributed by atoms with Gasteiger partial charge >= 0.3 is 0 Å². The summed E-state index contributed by atoms with van der Waals surface area (Å²) in [5.74, 6) is 2.30. The van der Waals surface area contributed by atoms with Crippen LogP contribution in [0, 0.1) is 0 Å². The number of hydrogen-bond acceptors (Lipinski definition) is 4. The molecule has 86 valence electrons. The van der Waals surface area contributed by atoms with E-state index < -0.39 is 0 Å². The molecule has 1 aromatic rings. The van der Waals surface area contributed by atoms with Crippen LogP contribution in [0.2, 0.25) is 0 Å². The molecule has 0 fully saturated rings. The van der Waals surface area contributed by atoms with E-state index in [1.165, 1.54) is 22.1 Å². The Bertz CT molecular complexity index is 273. The van der Waals surface area contributed by atoms with Gasteiger partial charge in [0.2, 0.25) is 0 Å². The lowest BCUT2D eigenvalue weighted by atomic mass is 10.3. The first-order valence-corrected chi connectivity index (χ1v) is 7.50. The van der Waals surface area contributed by atoms with Crippen LogP contribution in [0.4, 0.5) is 0 Å². The molecule has 1 atom stereocenters. The molecule has 0 amide bonds. The predicted molar refractivity (Wildman–Crippen MR) is 70.7 cm³/mol. The molecule has 2 nitrogen and oxygen atoms in total. The summed E-state index contributed by atoms with van der Waals surface area (Å²) in [6, 6.07) is 0.442. The molecule has 0 bridgehead atoms. The zero-order valence-corrected chi connectivity index (χ0v) is 11.4. The molecule has 1 heterocycles. The Hall–Kier alpha value is -0.0600. The molecule has 0 aromatic carbocycles. The molecule has 0 spiro atoms. The molecule has 1 aromatic heterocycles. The number of rotatable bonds is 7. The first-order chi connectivity index (χ1) is 7.27. The Balaban J connectivity index is 2.41. The van der Waals surface area contributed by atoms with Crippen LogP contribution in [0.25, 0.3) is 0 Å². The summed E-state index contributed by atoms with van der Waals surface area (Å²) in [4.78, 5) is 5.80. The Morgan fingerprint density at radius 2 is 2.33 bits per heavy atom. The topological polar surface area (TPSA) is 24.9 Å². The Kier molecular flexibility index (Phi) is 6.29. The minimum absolute atomic E-state index is 0.442. The van der Waals surface area contributed by atoms with Crippen molar-refractivity contribution in [3.8, 4) is 0 Å². The summed E-state index contributed by atoms with van der Waals surface area (Å²) >= 11 is 3.81. The van der Waals surface area contributed by atoms with Gasteiger partial charge in [-0.1, -0.05) is 13.8 Å². The third-order valence-corrected chi connectivity index (χ3v) is 4.62. The van der Waals surface area contributed by atoms with Crippen LogP contribution >= 0.6 is 23.1 Å². The molecule has 1 N–H and O–H groups in total. The van der Waals surface area contributed by atoms with Crippen molar-refractivity contribution in [2.24, 2.45) is 0 Å². The monoisotopic (exact) mass is 244 g/mol. The van der Waals surface area contributed by atoms with Crippen molar-refractivity contribution in [2.75, 3.05) is 12.3 Å². The normalized spacial score (nSPS) is 13.0. The second-order valence-corrected chi connectivity index (χ2v) is 5.74. The average molecular weight is 244 g/mol. The molecule has 0 radical (unpaired) electrons. The fourth-order valence-electron chi connectivity index (χ4n) is 1.30. The fourth-order valence-corrected chi connectivity index (χ4v) is 3.21. The van der Waals surface area contributed by atoms with E-state index in [1.54, 1.807) is 0 Å². The maximum absolute atomic E-state index is 4.45. The SMILES string of the molecule is CCCSCc1ncc(C(C)NCC)s1. The predicted octanol–water partition coefficient (Wildman–Crippen LogP) is 3.46. The first kappa shape index (κ1) is 13.0. The summed E-state index contributed by atoms with van der Waals surface area (Å²) in [5, 5.41) is 4.66. The van der Waals surface area contributed by atoms with Crippen LogP contribution in [0.5, 0.6) is 0 Å². The van der Waals surface area contributed by atoms with Crippen LogP contribution in [0.3, 0.4) is 0 Å². The van der Waals surface area contributed by atoms with E-state index in [0.717, 1.165) is 12.3 Å². The Labute approximate surface area is 101 Å². The summed E-state index contributed by atoms with van der Waals surface area (Å²) < 4.78 is 0. The second-order valence-electron chi connectivity index (χ2n) is 3.49. The van der Waals surface area contributed by atoms with E-state index in [4.69, 9.17) is 0 Å². The highest BCUT2D eigenvalue weighted by Crippen LogP contribution is 2.23. The van der Waals surface area contributed by atoms with Gasteiger partial charge < -0.3 is 5.32 Å². The molecular formula is C11H20N2S2. The van der Waals surface area contributed by atoms with E-state index in [2.05, 4.69) is 31.1 Å². The number of aromatic nitrogens is 1. The van der Waals surface area contributed by atoms with Gasteiger partial charge in [0.1, 0.15) is 5.01 Å². The lowest BCUT2D eigenvalue weighted by Gasteiger charge is -2.08. The van der Waals surface area contributed by atoms with Gasteiger partial charge in [0.25, 0.3) is 0 Å². The summed E-state index contributed by atoms with van der Waals surface area (Å²) in [5.41, 5.74) is 0. The van der Waals surface area contributed by atoms with Crippen molar-refractivity contribution in [2.45, 2.75) is 39.0 Å². The molecule has 1 rings (SSSR count). The molecule has 0 saturated carbocycles. The highest BCUT2D eigenvalue weighted by Gasteiger charge is 2.08. The number of hydrogen-bond donors (Lipinski definition) is 1. The number of nitrogens with zero attached hydrogens (tertiary/aromatic N) is 1. The third-order valence-electron chi connectivity index (χ3n) is 2.08. The zero-order valence-electron chi connectivity index (χ0n) is 9.75. The van der Waals surface area contributed by atoms with Gasteiger partial charge in [0, 0.05) is 22.9 Å². The van der Waals surface area contributed by atoms with E-state index in [9.17, 15) is 0 Å². The lowest BCUT2D eigenvalue weighted by molar-refractivity contribution is 0.606. The van der Waals surface area contributed by atoms with Gasteiger partial charge in [-0.2, -0.15) is 11.8 Å². The van der Waals surface area contributed by atoms with Crippen molar-refractivity contribution in [3.05, 3.63) is 16.1 Å². The standard InChI is InChI=1S/C11H20N2S2/c1-4-6-14-8-11-13-7-10(15-11)9(3)12-5-2/h7,9,12H,4-6,8H2,1-3H3. The third kappa shape index (κ3) is 4.53. The average Bonchev–Trinajstić information content (AvgIpc) is 2.67. The molecule has 0 aliphatic carbocycles. The quantitative estimate of drug-likeness (QED) is 0.744. The van der Waals surface area contributed by atoms with E-state index in [0.29, 0.717) is 6.04 Å². The van der Waals surface area contributed by atoms with Crippen molar-refractivity contribution < 1.29 is 0 Å². The van der Waals surface area contributed by atoms with Gasteiger partial charge in [-0.05, 0) is 25.6 Å². The first-order valence-electron chi connectivity index (χ1n) is 5.53. The molecule has 0 aliphatic heterocycles. The minimum atomic E-state index is 0.442. The second kappa shape index (κ2) is 7.25. The Morgan fingerprint density at radius 3 is 3.00 bits per heavy atom. The Morgan fingerprint density at radius 1 is 1.53 bits per heavy atom. The highest BCUT2D eigenvalue weighted by molar-refractivity contribution is 7.98. The van der Waals surface area contributed by atoms with Crippen LogP contribution in [0.1, 0.15) is 43.1 Å². The molecule has 0 aliphatic rings. The van der Waals surface area contributed by atoms with Crippen LogP contribution in [-0.4, -0.2) is 17.3 Å². The fraction of sp³-hybridized carbons (Fsp3) is 0.727. The van der Waals surface area contributed by atoms with Gasteiger partial charge in [-0.25, -0.2) is 4.98 Å². The highest BCUT2D eigenvalue weighted by atomic mass is 32.2. The van der Waals surface area contributed by atoms with Crippen molar-refractivity contribution in [3.63, 3.8) is 0 Å². The van der Waals surface area contributed by atoms with Crippen molar-refractivity contribution in [1.29, 1.82) is 0 Å². The number of thiazole rings is 1. The maximum Gasteiger partial charge on any atom is 0.103 e. The molecule has 1 unspecified atom stereocenters. The van der Waals surface area contributed by atoms with Crippen molar-refractivity contribution >= 4 is 23.1 Å². The van der Waals surface area contributed by atoms with Gasteiger partial charge in [-0.15, -0.1) is 11.3 Å². The zero-order chi connectivity index (χ0) is 11.1. The molecule has 4 heteroatoms. The largest absolute Gasteiger partial charge is 0.310 e. The summed E-state index contributed by atoms with van der Waals surface area (Å²) in [6.07, 6.45) is 3.26. The van der Waals surface area contributed by atoms with E-state index in [1.807, 2.05) is 29.3 Å². The van der Waals surface area contributed by atoms with Crippen LogP contribution < -0.4 is 5.32 Å². The van der Waals surface area contributed by atoms with Gasteiger partial charge in [-0.3, -0.25) is 0 Å². The smallest absolute Gasteiger partial charge is 0.103 e.